The lowest BCUT2D eigenvalue weighted by atomic mass is 10.1. The number of rotatable bonds is 5. The van der Waals surface area contributed by atoms with Gasteiger partial charge in [-0.25, -0.2) is 4.68 Å². The number of thiocarbonyl (C=S) groups is 1. The highest BCUT2D eigenvalue weighted by Gasteiger charge is 2.35. The van der Waals surface area contributed by atoms with Gasteiger partial charge in [-0.05, 0) is 43.2 Å². The molecule has 162 valence electrons. The molecule has 0 N–H and O–H groups in total. The number of benzene rings is 2. The van der Waals surface area contributed by atoms with Gasteiger partial charge in [0.05, 0.1) is 28.9 Å². The zero-order chi connectivity index (χ0) is 22.1. The minimum absolute atomic E-state index is 0.0577. The van der Waals surface area contributed by atoms with Crippen LogP contribution in [0.3, 0.4) is 0 Å². The summed E-state index contributed by atoms with van der Waals surface area (Å²) < 4.78 is 8.09. The number of amides is 1. The SMILES string of the molecule is O=C1/C(=C/c2cn(-c3ccccc3)nc2-c2ccc(Cl)cc2)SC(=S)N1C[C@H]1CCCO1. The second kappa shape index (κ2) is 9.19. The molecule has 1 amide bonds. The van der Waals surface area contributed by atoms with E-state index in [1.165, 1.54) is 11.8 Å². The fraction of sp³-hybridized carbons (Fsp3) is 0.208. The molecule has 3 heterocycles. The predicted molar refractivity (Wildman–Crippen MR) is 133 cm³/mol. The fourth-order valence-electron chi connectivity index (χ4n) is 3.83. The van der Waals surface area contributed by atoms with Crippen molar-refractivity contribution in [2.45, 2.75) is 18.9 Å². The summed E-state index contributed by atoms with van der Waals surface area (Å²) in [6, 6.07) is 17.4. The number of para-hydroxylation sites is 1. The van der Waals surface area contributed by atoms with Gasteiger partial charge in [-0.2, -0.15) is 5.10 Å². The van der Waals surface area contributed by atoms with Gasteiger partial charge in [0, 0.05) is 29.0 Å². The molecule has 0 saturated carbocycles. The second-order valence-electron chi connectivity index (χ2n) is 7.65. The first-order valence-corrected chi connectivity index (χ1v) is 12.0. The molecule has 0 unspecified atom stereocenters. The van der Waals surface area contributed by atoms with Gasteiger partial charge in [-0.15, -0.1) is 0 Å². The van der Waals surface area contributed by atoms with E-state index in [0.29, 0.717) is 20.8 Å². The van der Waals surface area contributed by atoms with Crippen molar-refractivity contribution in [2.75, 3.05) is 13.2 Å². The molecule has 5 nitrogen and oxygen atoms in total. The summed E-state index contributed by atoms with van der Waals surface area (Å²) in [6.45, 7) is 1.26. The average Bonchev–Trinajstić information content (AvgIpc) is 3.53. The van der Waals surface area contributed by atoms with Crippen LogP contribution in [0.25, 0.3) is 23.0 Å². The minimum atomic E-state index is -0.0787. The Morgan fingerprint density at radius 3 is 2.69 bits per heavy atom. The first kappa shape index (κ1) is 21.4. The smallest absolute Gasteiger partial charge is 0.266 e. The predicted octanol–water partition coefficient (Wildman–Crippen LogP) is 5.57. The van der Waals surface area contributed by atoms with E-state index in [-0.39, 0.29) is 12.0 Å². The van der Waals surface area contributed by atoms with Crippen molar-refractivity contribution in [1.29, 1.82) is 0 Å². The van der Waals surface area contributed by atoms with Crippen LogP contribution in [0.1, 0.15) is 18.4 Å². The first-order valence-electron chi connectivity index (χ1n) is 10.4. The van der Waals surface area contributed by atoms with Gasteiger partial charge in [0.1, 0.15) is 4.32 Å². The molecule has 3 aromatic rings. The van der Waals surface area contributed by atoms with Crippen LogP contribution in [0.5, 0.6) is 0 Å². The van der Waals surface area contributed by atoms with E-state index in [4.69, 9.17) is 33.7 Å². The quantitative estimate of drug-likeness (QED) is 0.352. The normalized spacial score (nSPS) is 20.0. The van der Waals surface area contributed by atoms with Crippen molar-refractivity contribution in [3.05, 3.63) is 76.3 Å². The molecule has 2 fully saturated rings. The summed E-state index contributed by atoms with van der Waals surface area (Å²) in [6.07, 6.45) is 5.86. The molecule has 0 aliphatic carbocycles. The molecule has 0 spiro atoms. The van der Waals surface area contributed by atoms with Crippen LogP contribution in [0.15, 0.2) is 65.7 Å². The zero-order valence-electron chi connectivity index (χ0n) is 17.1. The van der Waals surface area contributed by atoms with Crippen molar-refractivity contribution in [3.63, 3.8) is 0 Å². The number of hydrogen-bond donors (Lipinski definition) is 0. The number of thioether (sulfide) groups is 1. The van der Waals surface area contributed by atoms with Gasteiger partial charge in [-0.3, -0.25) is 9.69 Å². The van der Waals surface area contributed by atoms with Crippen LogP contribution in [0.4, 0.5) is 0 Å². The zero-order valence-corrected chi connectivity index (χ0v) is 19.5. The minimum Gasteiger partial charge on any atom is -0.376 e. The molecule has 8 heteroatoms. The number of nitrogens with zero attached hydrogens (tertiary/aromatic N) is 3. The molecule has 0 bridgehead atoms. The molecule has 0 radical (unpaired) electrons. The Labute approximate surface area is 201 Å². The Hall–Kier alpha value is -2.45. The summed E-state index contributed by atoms with van der Waals surface area (Å²) in [5, 5.41) is 5.47. The van der Waals surface area contributed by atoms with Gasteiger partial charge in [0.2, 0.25) is 0 Å². The van der Waals surface area contributed by atoms with Crippen molar-refractivity contribution in [3.8, 4) is 16.9 Å². The summed E-state index contributed by atoms with van der Waals surface area (Å²) in [5.41, 5.74) is 3.47. The highest BCUT2D eigenvalue weighted by Crippen LogP contribution is 2.35. The van der Waals surface area contributed by atoms with E-state index in [1.807, 2.05) is 71.6 Å². The Bertz CT molecular complexity index is 1190. The van der Waals surface area contributed by atoms with Crippen LogP contribution in [-0.4, -0.2) is 44.2 Å². The van der Waals surface area contributed by atoms with E-state index in [2.05, 4.69) is 0 Å². The maximum atomic E-state index is 13.1. The van der Waals surface area contributed by atoms with E-state index in [0.717, 1.165) is 42.0 Å². The highest BCUT2D eigenvalue weighted by atomic mass is 35.5. The molecule has 2 aromatic carbocycles. The second-order valence-corrected chi connectivity index (χ2v) is 9.76. The van der Waals surface area contributed by atoms with Gasteiger partial charge < -0.3 is 4.74 Å². The first-order chi connectivity index (χ1) is 15.6. The highest BCUT2D eigenvalue weighted by molar-refractivity contribution is 8.26. The van der Waals surface area contributed by atoms with E-state index >= 15 is 0 Å². The van der Waals surface area contributed by atoms with Gasteiger partial charge >= 0.3 is 0 Å². The van der Waals surface area contributed by atoms with Gasteiger partial charge in [0.15, 0.2) is 0 Å². The molecule has 1 atom stereocenters. The standard InChI is InChI=1S/C24H20ClN3O2S2/c25-18-10-8-16(9-11-18)22-17(14-28(26-22)19-5-2-1-3-6-19)13-21-23(29)27(24(31)32-21)15-20-7-4-12-30-20/h1-3,5-6,8-11,13-14,20H,4,7,12,15H2/b21-13-/t20-/m1/s1. The lowest BCUT2D eigenvalue weighted by Gasteiger charge is -2.18. The molecular weight excluding hydrogens is 462 g/mol. The van der Waals surface area contributed by atoms with Crippen LogP contribution >= 0.6 is 35.6 Å². The third kappa shape index (κ3) is 4.38. The lowest BCUT2D eigenvalue weighted by molar-refractivity contribution is -0.123. The Morgan fingerprint density at radius 2 is 1.97 bits per heavy atom. The topological polar surface area (TPSA) is 47.4 Å². The number of carbonyl (C=O) groups excluding carboxylic acids is 1. The lowest BCUT2D eigenvalue weighted by Crippen LogP contribution is -2.35. The van der Waals surface area contributed by atoms with Crippen molar-refractivity contribution in [2.24, 2.45) is 0 Å². The molecule has 2 saturated heterocycles. The summed E-state index contributed by atoms with van der Waals surface area (Å²) in [5.74, 6) is -0.0787. The monoisotopic (exact) mass is 481 g/mol. The van der Waals surface area contributed by atoms with Crippen LogP contribution in [0.2, 0.25) is 5.02 Å². The number of aromatic nitrogens is 2. The molecule has 2 aliphatic rings. The van der Waals surface area contributed by atoms with Gasteiger partial charge in [0.25, 0.3) is 5.91 Å². The van der Waals surface area contributed by atoms with E-state index in [9.17, 15) is 4.79 Å². The third-order valence-corrected chi connectivity index (χ3v) is 7.08. The molecule has 1 aromatic heterocycles. The molecular formula is C24H20ClN3O2S2. The summed E-state index contributed by atoms with van der Waals surface area (Å²) >= 11 is 12.9. The van der Waals surface area contributed by atoms with Crippen LogP contribution in [-0.2, 0) is 9.53 Å². The number of carbonyl (C=O) groups is 1. The average molecular weight is 482 g/mol. The van der Waals surface area contributed by atoms with Crippen LogP contribution in [0, 0.1) is 0 Å². The summed E-state index contributed by atoms with van der Waals surface area (Å²) in [4.78, 5) is 15.4. The van der Waals surface area contributed by atoms with E-state index in [1.54, 1.807) is 4.90 Å². The number of halogens is 1. The van der Waals surface area contributed by atoms with Crippen molar-refractivity contribution in [1.82, 2.24) is 14.7 Å². The van der Waals surface area contributed by atoms with Crippen LogP contribution < -0.4 is 0 Å². The maximum Gasteiger partial charge on any atom is 0.266 e. The Morgan fingerprint density at radius 1 is 1.19 bits per heavy atom. The Kier molecular flexibility index (Phi) is 6.15. The molecule has 5 rings (SSSR count). The van der Waals surface area contributed by atoms with Crippen molar-refractivity contribution >= 4 is 51.9 Å². The number of ether oxygens (including phenoxy) is 1. The fourth-order valence-corrected chi connectivity index (χ4v) is 5.22. The largest absolute Gasteiger partial charge is 0.376 e. The Balaban J connectivity index is 1.51. The molecule has 2 aliphatic heterocycles. The van der Waals surface area contributed by atoms with E-state index < -0.39 is 0 Å². The summed E-state index contributed by atoms with van der Waals surface area (Å²) in [7, 11) is 0. The number of hydrogen-bond acceptors (Lipinski definition) is 5. The third-order valence-electron chi connectivity index (χ3n) is 5.45. The van der Waals surface area contributed by atoms with Crippen molar-refractivity contribution < 1.29 is 9.53 Å². The maximum absolute atomic E-state index is 13.1. The molecule has 32 heavy (non-hydrogen) atoms. The van der Waals surface area contributed by atoms with Gasteiger partial charge in [-0.1, -0.05) is 65.9 Å².